The Bertz CT molecular complexity index is 5320. The van der Waals surface area contributed by atoms with Crippen molar-refractivity contribution in [3.8, 4) is 23.0 Å². The summed E-state index contributed by atoms with van der Waals surface area (Å²) in [5, 5.41) is 124. The van der Waals surface area contributed by atoms with E-state index in [9.17, 15) is 88.5 Å². The van der Waals surface area contributed by atoms with E-state index in [0.29, 0.717) is 117 Å². The van der Waals surface area contributed by atoms with Crippen molar-refractivity contribution >= 4 is 124 Å². The Morgan fingerprint density at radius 1 is 0.434 bits per heavy atom. The van der Waals surface area contributed by atoms with Crippen molar-refractivity contribution in [1.82, 2.24) is 47.6 Å². The van der Waals surface area contributed by atoms with Crippen LogP contribution in [0.2, 0.25) is 0 Å². The number of hydrogen-bond donors (Lipinski definition) is 17. The zero-order chi connectivity index (χ0) is 99.2. The van der Waals surface area contributed by atoms with Crippen molar-refractivity contribution in [2.45, 2.75) is 167 Å². The number of hydrogen-bond acceptors (Lipinski definition) is 28. The number of nitrogens with zero attached hydrogens (tertiary/aromatic N) is 9. The first-order chi connectivity index (χ1) is 66.3. The van der Waals surface area contributed by atoms with E-state index >= 15 is 0 Å². The maximum absolute atomic E-state index is 12.2. The number of imide groups is 1. The second-order valence-corrected chi connectivity index (χ2v) is 30.8. The number of rotatable bonds is 44. The lowest BCUT2D eigenvalue weighted by molar-refractivity contribution is -0.189. The Balaban J connectivity index is 0.000000279. The number of phenolic OH excluding ortho intramolecular Hbond substituents is 3. The maximum Gasteiger partial charge on any atom is 0.412 e. The van der Waals surface area contributed by atoms with Gasteiger partial charge in [-0.05, 0) is 259 Å². The number of unbranched alkanes of at least 4 members (excludes halogenated alkanes) is 9. The van der Waals surface area contributed by atoms with Crippen molar-refractivity contribution in [3.63, 3.8) is 0 Å². The van der Waals surface area contributed by atoms with Crippen LogP contribution < -0.4 is 53.0 Å². The van der Waals surface area contributed by atoms with Crippen LogP contribution in [-0.2, 0) is 54.5 Å². The lowest BCUT2D eigenvalue weighted by atomic mass is 10.1. The van der Waals surface area contributed by atoms with Crippen LogP contribution in [0.25, 0.3) is 0 Å². The quantitative estimate of drug-likeness (QED) is 0.00554. The smallest absolute Gasteiger partial charge is 0.412 e. The molecule has 39 heteroatoms. The molecule has 0 saturated carbocycles. The molecule has 0 aliphatic carbocycles. The Morgan fingerprint density at radius 2 is 0.779 bits per heavy atom. The fourth-order valence-corrected chi connectivity index (χ4v) is 13.2. The largest absolute Gasteiger partial charge is 0.508 e. The molecule has 0 aromatic heterocycles. The molecule has 10 rings (SSSR count). The van der Waals surface area contributed by atoms with Gasteiger partial charge in [-0.15, -0.1) is 20.5 Å². The van der Waals surface area contributed by atoms with Gasteiger partial charge in [-0.1, -0.05) is 99.9 Å². The highest BCUT2D eigenvalue weighted by Gasteiger charge is 2.30. The van der Waals surface area contributed by atoms with E-state index in [1.807, 2.05) is 6.07 Å². The van der Waals surface area contributed by atoms with Gasteiger partial charge in [0.2, 0.25) is 17.7 Å². The van der Waals surface area contributed by atoms with Crippen molar-refractivity contribution in [2.75, 3.05) is 78.9 Å². The Hall–Kier alpha value is -14.3. The monoisotopic (exact) mass is 1890 g/mol. The van der Waals surface area contributed by atoms with Crippen LogP contribution in [0.3, 0.4) is 0 Å². The number of aryl methyl sites for hydroxylation is 4. The summed E-state index contributed by atoms with van der Waals surface area (Å²) in [7, 11) is 1.57. The number of nitrogens with two attached hydrogens (primary N) is 1. The number of azo groups is 4. The molecule has 38 nitrogen and oxygen atoms in total. The van der Waals surface area contributed by atoms with Gasteiger partial charge in [-0.3, -0.25) is 29.3 Å². The van der Waals surface area contributed by atoms with Crippen LogP contribution in [0.4, 0.5) is 55.1 Å². The molecule has 2 aliphatic rings. The Kier molecular flexibility index (Phi) is 51.6. The van der Waals surface area contributed by atoms with Gasteiger partial charge in [0.25, 0.3) is 11.8 Å². The normalized spacial score (nSPS) is 12.8. The number of phenols is 3. The Morgan fingerprint density at radius 3 is 1.16 bits per heavy atom. The van der Waals surface area contributed by atoms with Crippen LogP contribution in [0.5, 0.6) is 23.0 Å². The number of carbonyl (C=O) groups is 11. The summed E-state index contributed by atoms with van der Waals surface area (Å²) in [6.07, 6.45) is 20.5. The van der Waals surface area contributed by atoms with Gasteiger partial charge < -0.3 is 83.4 Å². The molecule has 17 N–H and O–H groups in total. The van der Waals surface area contributed by atoms with Crippen LogP contribution in [-0.4, -0.2) is 186 Å². The zero-order valence-corrected chi connectivity index (χ0v) is 77.4. The highest BCUT2D eigenvalue weighted by Crippen LogP contribution is 2.34. The fraction of sp³-hybridized carbons (Fsp3) is 0.392. The number of thiol groups is 1. The molecule has 8 amide bonds. The number of fused-ring (bicyclic) bond motifs is 1. The number of aromatic carboxylic acids is 4. The molecule has 136 heavy (non-hydrogen) atoms. The van der Waals surface area contributed by atoms with E-state index in [4.69, 9.17) is 16.4 Å². The van der Waals surface area contributed by atoms with Crippen LogP contribution in [0.1, 0.15) is 205 Å². The van der Waals surface area contributed by atoms with E-state index in [1.54, 1.807) is 135 Å². The van der Waals surface area contributed by atoms with Crippen LogP contribution >= 0.6 is 12.5 Å². The SMILES string of the molecule is CNC(=O)NCCCCCCNC(=O)CCc1cc(N=Nc2ccccc2C(=O)O)ccc1O.NCCCCCCNC(=O)CCc1cc(N=Nc2ccccc2C(=O)O)ccc1O.O=C(CCc1cc(N=Nc2ccccc2C(=O)O)ccc1O)NCCCCCCNCON1C(=O)CCC1=O.O=C1NCCCCCCNCCCc2cc(N=Nc3ccccc3C(=O)O)ccc2O1.[2H]SC. The highest BCUT2D eigenvalue weighted by molar-refractivity contribution is 7.79. The zero-order valence-electron chi connectivity index (χ0n) is 77.6. The molecule has 0 bridgehead atoms. The first-order valence-electron chi connectivity index (χ1n) is 45.6. The average molecular weight is 1900 g/mol. The number of amides is 8. The highest BCUT2D eigenvalue weighted by atomic mass is 32.1. The molecule has 2 aliphatic heterocycles. The molecule has 0 atom stereocenters. The summed E-state index contributed by atoms with van der Waals surface area (Å²) >= 11 is 1.000. The lowest BCUT2D eigenvalue weighted by Crippen LogP contribution is -2.33. The number of benzene rings is 8. The Labute approximate surface area is 796 Å². The number of carboxylic acid groups (broad SMARTS) is 4. The van der Waals surface area contributed by atoms with Crippen LogP contribution in [0, 0.1) is 0 Å². The average Bonchev–Trinajstić information content (AvgIpc) is 1.18. The molecule has 8 aromatic rings. The number of carbonyl (C=O) groups excluding carboxylic acids is 7. The molecular weight excluding hydrogens is 1770 g/mol. The predicted octanol–water partition coefficient (Wildman–Crippen LogP) is 17.4. The number of carboxylic acids is 4. The second kappa shape index (κ2) is 64.6. The van der Waals surface area contributed by atoms with E-state index in [0.717, 1.165) is 145 Å². The van der Waals surface area contributed by atoms with Gasteiger partial charge in [0.15, 0.2) is 0 Å². The maximum atomic E-state index is 12.2. The van der Waals surface area contributed by atoms with E-state index in [1.165, 1.54) is 42.5 Å². The summed E-state index contributed by atoms with van der Waals surface area (Å²) in [5.41, 5.74) is 11.1. The molecule has 0 spiro atoms. The van der Waals surface area contributed by atoms with E-state index in [-0.39, 0.29) is 137 Å². The molecular formula is C97H124N18O20S. The van der Waals surface area contributed by atoms with E-state index < -0.39 is 30.0 Å². The van der Waals surface area contributed by atoms with Crippen molar-refractivity contribution in [3.05, 3.63) is 214 Å². The first-order valence-corrected chi connectivity index (χ1v) is 46.0. The van der Waals surface area contributed by atoms with Gasteiger partial charge in [0, 0.05) is 71.9 Å². The standard InChI is InChI=1S/C27H33N5O7.C24H31N5O5.C23H28N4O4.C22H28N4O4.CH4S/c33-23-11-10-20(30-31-22-8-4-3-7-21(22)27(37)38)17-19(23)9-12-24(34)29-16-6-2-1-5-15-28-18-39-32-25(35)13-14-26(32)36;1-25-24(34)27-15-7-3-2-6-14-26-22(31)13-10-17-16-18(11-12-21(17)30)28-29-20-9-5-4-8-19(20)23(32)33;28-22(29)19-9-3-4-10-20(19)27-26-18-11-12-21-17(16-18)8-7-14-24-13-5-1-2-6-15-25-23(30)31-21;23-13-5-1-2-6-14-24-21(28)12-9-16-15-17(10-11-20(16)27)25-26-19-8-4-3-7-18(19)22(29)30;1-2/h3-4,7-8,10-11,17,28,33H,1-2,5-6,9,12-16,18H2,(H,29,34)(H,37,38);4-5,8-9,11-12,16,30H,2-3,6-7,10,13-15H2,1H3,(H,26,31)(H,32,33)(H2,25,27,34);3-4,9-12,16,24H,1-2,5-8,13-15H2,(H,25,30)(H,28,29);3-4,7-8,10-11,15,27H,1-2,5-6,9,12-14,23H2,(H,24,28)(H,29,30);2H,1H3/i/hD. The van der Waals surface area contributed by atoms with E-state index in [2.05, 4.69) is 83.4 Å². The second-order valence-electron chi connectivity index (χ2n) is 30.8. The molecule has 1 fully saturated rings. The molecule has 2 heterocycles. The minimum atomic E-state index is -1.10. The third kappa shape index (κ3) is 43.2. The number of ether oxygens (including phenoxy) is 1. The summed E-state index contributed by atoms with van der Waals surface area (Å²) < 4.78 is 11.6. The molecule has 728 valence electrons. The molecule has 0 radical (unpaired) electrons. The number of aromatic hydroxyl groups is 3. The van der Waals surface area contributed by atoms with Gasteiger partial charge in [-0.25, -0.2) is 33.6 Å². The fourth-order valence-electron chi connectivity index (χ4n) is 13.2. The van der Waals surface area contributed by atoms with Crippen molar-refractivity contribution in [1.29, 1.82) is 1.12 Å². The first kappa shape index (κ1) is 109. The lowest BCUT2D eigenvalue weighted by Gasteiger charge is -2.13. The molecule has 0 unspecified atom stereocenters. The minimum absolute atomic E-state index is 0.0357. The summed E-state index contributed by atoms with van der Waals surface area (Å²) in [6.45, 7) is 6.34. The van der Waals surface area contributed by atoms with Gasteiger partial charge in [0.05, 0.1) is 45.0 Å². The topological polar surface area (TPSA) is 572 Å². The third-order valence-electron chi connectivity index (χ3n) is 20.6. The number of hydroxylamine groups is 2. The molecule has 1 saturated heterocycles. The number of nitrogens with one attached hydrogen (secondary N) is 8. The molecule has 8 aromatic carbocycles. The van der Waals surface area contributed by atoms with Crippen molar-refractivity contribution in [2.24, 2.45) is 46.6 Å². The van der Waals surface area contributed by atoms with Crippen LogP contribution in [0.15, 0.2) is 211 Å². The predicted molar refractivity (Wildman–Crippen MR) is 516 cm³/mol. The van der Waals surface area contributed by atoms with Gasteiger partial charge in [-0.2, -0.15) is 38.1 Å². The third-order valence-corrected chi connectivity index (χ3v) is 20.6. The number of urea groups is 1. The summed E-state index contributed by atoms with van der Waals surface area (Å²) in [5.74, 6) is -4.57. The summed E-state index contributed by atoms with van der Waals surface area (Å²) in [6, 6.07) is 44.4. The summed E-state index contributed by atoms with van der Waals surface area (Å²) in [4.78, 5) is 133. The minimum Gasteiger partial charge on any atom is -0.508 e. The van der Waals surface area contributed by atoms with Gasteiger partial charge >= 0.3 is 36.0 Å². The van der Waals surface area contributed by atoms with Gasteiger partial charge in [0.1, 0.15) is 53.6 Å². The van der Waals surface area contributed by atoms with Crippen molar-refractivity contribution < 1.29 is 98.1 Å².